The summed E-state index contributed by atoms with van der Waals surface area (Å²) in [6, 6.07) is 6.41. The minimum Gasteiger partial charge on any atom is -0.493 e. The topological polar surface area (TPSA) is 153 Å². The van der Waals surface area contributed by atoms with Crippen LogP contribution >= 0.6 is 15.9 Å². The number of rotatable bonds is 3. The summed E-state index contributed by atoms with van der Waals surface area (Å²) >= 11 is 3.26. The highest BCUT2D eigenvalue weighted by Crippen LogP contribution is 2.18. The summed E-state index contributed by atoms with van der Waals surface area (Å²) in [6.07, 6.45) is 1.97. The largest absolute Gasteiger partial charge is 0.493 e. The molecule has 0 atom stereocenters. The van der Waals surface area contributed by atoms with Crippen LogP contribution in [0.2, 0.25) is 0 Å². The maximum atomic E-state index is 12.1. The van der Waals surface area contributed by atoms with Crippen LogP contribution in [0.3, 0.4) is 0 Å². The summed E-state index contributed by atoms with van der Waals surface area (Å²) in [5.41, 5.74) is -3.42. The van der Waals surface area contributed by atoms with Crippen molar-refractivity contribution < 1.29 is 5.11 Å². The molecule has 26 heavy (non-hydrogen) atoms. The first-order valence-electron chi connectivity index (χ1n) is 7.07. The van der Waals surface area contributed by atoms with E-state index in [0.717, 1.165) is 21.5 Å². The van der Waals surface area contributed by atoms with Crippen LogP contribution in [-0.2, 0) is 0 Å². The molecule has 11 heteroatoms. The molecule has 0 saturated heterocycles. The monoisotopic (exact) mass is 419 g/mol. The third-order valence-electron chi connectivity index (χ3n) is 3.34. The highest BCUT2D eigenvalue weighted by atomic mass is 79.9. The molecular weight excluding hydrogens is 410 g/mol. The number of aromatic nitrogens is 4. The van der Waals surface area contributed by atoms with Gasteiger partial charge in [0.1, 0.15) is 11.3 Å². The van der Waals surface area contributed by atoms with Gasteiger partial charge in [-0.25, -0.2) is 19.1 Å². The van der Waals surface area contributed by atoms with Crippen molar-refractivity contribution in [3.05, 3.63) is 82.2 Å². The predicted molar refractivity (Wildman–Crippen MR) is 97.0 cm³/mol. The Morgan fingerprint density at radius 2 is 1.73 bits per heavy atom. The van der Waals surface area contributed by atoms with Gasteiger partial charge in [-0.15, -0.1) is 0 Å². The van der Waals surface area contributed by atoms with Crippen LogP contribution in [0.15, 0.2) is 59.1 Å². The molecule has 0 aliphatic carbocycles. The molecule has 1 aromatic carbocycles. The Balaban J connectivity index is 2.15. The molecule has 3 rings (SSSR count). The zero-order valence-electron chi connectivity index (χ0n) is 12.8. The lowest BCUT2D eigenvalue weighted by Crippen LogP contribution is -2.31. The van der Waals surface area contributed by atoms with Gasteiger partial charge in [0.15, 0.2) is 0 Å². The van der Waals surface area contributed by atoms with Crippen molar-refractivity contribution in [3.8, 4) is 11.6 Å². The van der Waals surface area contributed by atoms with Gasteiger partial charge in [0.05, 0.1) is 5.69 Å². The lowest BCUT2D eigenvalue weighted by Gasteiger charge is -2.09. The normalized spacial score (nSPS) is 11.1. The van der Waals surface area contributed by atoms with Crippen LogP contribution < -0.4 is 22.5 Å². The van der Waals surface area contributed by atoms with Crippen LogP contribution in [0.4, 0.5) is 5.69 Å². The number of halogens is 1. The van der Waals surface area contributed by atoms with E-state index in [2.05, 4.69) is 30.9 Å². The molecule has 3 aromatic rings. The number of H-pyrrole nitrogens is 3. The third-order valence-corrected chi connectivity index (χ3v) is 3.87. The SMILES string of the molecule is O=c1[nH]cc(N=Cc2c(O)n(-c3ccc(Br)cc3)c(=O)[nH]c2=O)c(=O)[nH]1. The maximum absolute atomic E-state index is 12.1. The average Bonchev–Trinajstić information content (AvgIpc) is 2.57. The van der Waals surface area contributed by atoms with Crippen LogP contribution in [0.5, 0.6) is 5.88 Å². The van der Waals surface area contributed by atoms with Crippen molar-refractivity contribution in [1.82, 2.24) is 19.5 Å². The molecule has 2 aromatic heterocycles. The van der Waals surface area contributed by atoms with Crippen molar-refractivity contribution in [2.24, 2.45) is 4.99 Å². The number of nitrogens with zero attached hydrogens (tertiary/aromatic N) is 2. The van der Waals surface area contributed by atoms with Gasteiger partial charge in [-0.2, -0.15) is 0 Å². The molecular formula is C15H10BrN5O5. The number of hydrogen-bond donors (Lipinski definition) is 4. The van der Waals surface area contributed by atoms with E-state index >= 15 is 0 Å². The van der Waals surface area contributed by atoms with E-state index in [1.54, 1.807) is 24.3 Å². The molecule has 132 valence electrons. The highest BCUT2D eigenvalue weighted by molar-refractivity contribution is 9.10. The molecule has 0 spiro atoms. The van der Waals surface area contributed by atoms with E-state index < -0.39 is 28.4 Å². The number of benzene rings is 1. The Kier molecular flexibility index (Phi) is 4.54. The van der Waals surface area contributed by atoms with Gasteiger partial charge in [-0.1, -0.05) is 15.9 Å². The van der Waals surface area contributed by atoms with E-state index in [9.17, 15) is 24.3 Å². The number of aliphatic imine (C=N–C) groups is 1. The summed E-state index contributed by atoms with van der Waals surface area (Å²) in [5.74, 6) is -0.648. The number of nitrogens with one attached hydrogen (secondary N) is 3. The van der Waals surface area contributed by atoms with E-state index in [1.165, 1.54) is 0 Å². The van der Waals surface area contributed by atoms with E-state index in [0.29, 0.717) is 5.69 Å². The second-order valence-corrected chi connectivity index (χ2v) is 5.94. The fourth-order valence-electron chi connectivity index (χ4n) is 2.12. The molecule has 0 aliphatic rings. The lowest BCUT2D eigenvalue weighted by molar-refractivity contribution is 0.430. The quantitative estimate of drug-likeness (QED) is 0.444. The first-order chi connectivity index (χ1) is 12.4. The molecule has 10 nitrogen and oxygen atoms in total. The highest BCUT2D eigenvalue weighted by Gasteiger charge is 2.14. The smallest absolute Gasteiger partial charge is 0.335 e. The van der Waals surface area contributed by atoms with Crippen LogP contribution in [-0.4, -0.2) is 30.8 Å². The Morgan fingerprint density at radius 3 is 2.38 bits per heavy atom. The van der Waals surface area contributed by atoms with Crippen LogP contribution in [0.25, 0.3) is 5.69 Å². The lowest BCUT2D eigenvalue weighted by atomic mass is 10.3. The number of aromatic amines is 3. The van der Waals surface area contributed by atoms with E-state index in [-0.39, 0.29) is 11.3 Å². The Morgan fingerprint density at radius 1 is 1.04 bits per heavy atom. The van der Waals surface area contributed by atoms with Gasteiger partial charge < -0.3 is 10.1 Å². The Labute approximate surface area is 151 Å². The van der Waals surface area contributed by atoms with Gasteiger partial charge >= 0.3 is 11.4 Å². The van der Waals surface area contributed by atoms with Crippen molar-refractivity contribution in [3.63, 3.8) is 0 Å². The number of aromatic hydroxyl groups is 1. The standard InChI is InChI=1S/C15H10BrN5O5/c16-7-1-3-8(4-2-7)21-13(24)9(11(22)20-15(21)26)5-17-10-6-18-14(25)19-12(10)23/h1-6,24H,(H,20,22,26)(H2,18,19,23,25). The Bertz CT molecular complexity index is 1230. The molecule has 0 saturated carbocycles. The average molecular weight is 420 g/mol. The van der Waals surface area contributed by atoms with Crippen molar-refractivity contribution in [2.45, 2.75) is 0 Å². The van der Waals surface area contributed by atoms with Gasteiger partial charge in [0.2, 0.25) is 5.88 Å². The fourth-order valence-corrected chi connectivity index (χ4v) is 2.38. The van der Waals surface area contributed by atoms with Crippen molar-refractivity contribution in [2.75, 3.05) is 0 Å². The summed E-state index contributed by atoms with van der Waals surface area (Å²) in [7, 11) is 0. The zero-order chi connectivity index (χ0) is 18.8. The van der Waals surface area contributed by atoms with Crippen molar-refractivity contribution >= 4 is 27.8 Å². The molecule has 4 N–H and O–H groups in total. The minimum atomic E-state index is -0.884. The van der Waals surface area contributed by atoms with Gasteiger partial charge in [0.25, 0.3) is 11.1 Å². The molecule has 0 amide bonds. The van der Waals surface area contributed by atoms with Crippen molar-refractivity contribution in [1.29, 1.82) is 0 Å². The zero-order valence-corrected chi connectivity index (χ0v) is 14.4. The minimum absolute atomic E-state index is 0.190. The summed E-state index contributed by atoms with van der Waals surface area (Å²) < 4.78 is 1.64. The summed E-state index contributed by atoms with van der Waals surface area (Å²) in [5, 5.41) is 10.4. The summed E-state index contributed by atoms with van der Waals surface area (Å²) in [6.45, 7) is 0. The van der Waals surface area contributed by atoms with Gasteiger partial charge in [0, 0.05) is 16.9 Å². The molecule has 0 aliphatic heterocycles. The van der Waals surface area contributed by atoms with Crippen LogP contribution in [0, 0.1) is 0 Å². The molecule has 0 radical (unpaired) electrons. The first kappa shape index (κ1) is 17.4. The molecule has 0 unspecified atom stereocenters. The second-order valence-electron chi connectivity index (χ2n) is 5.02. The van der Waals surface area contributed by atoms with E-state index in [1.807, 2.05) is 4.98 Å². The molecule has 0 fully saturated rings. The first-order valence-corrected chi connectivity index (χ1v) is 7.86. The number of hydrogen-bond acceptors (Lipinski definition) is 6. The van der Waals surface area contributed by atoms with Crippen LogP contribution in [0.1, 0.15) is 5.56 Å². The third kappa shape index (κ3) is 3.32. The maximum Gasteiger partial charge on any atom is 0.335 e. The Hall–Kier alpha value is -3.47. The second kappa shape index (κ2) is 6.80. The molecule has 0 bridgehead atoms. The molecule has 2 heterocycles. The van der Waals surface area contributed by atoms with Gasteiger partial charge in [-0.05, 0) is 24.3 Å². The summed E-state index contributed by atoms with van der Waals surface area (Å²) in [4.78, 5) is 56.7. The van der Waals surface area contributed by atoms with Gasteiger partial charge in [-0.3, -0.25) is 19.6 Å². The van der Waals surface area contributed by atoms with E-state index in [4.69, 9.17) is 0 Å². The predicted octanol–water partition coefficient (Wildman–Crippen LogP) is 0.121. The fraction of sp³-hybridized carbons (Fsp3) is 0.